The molecule has 0 aromatic heterocycles. The van der Waals surface area contributed by atoms with Crippen LogP contribution in [0.2, 0.25) is 0 Å². The van der Waals surface area contributed by atoms with Crippen LogP contribution in [0, 0.1) is 6.92 Å². The Morgan fingerprint density at radius 2 is 2.14 bits per heavy atom. The van der Waals surface area contributed by atoms with E-state index < -0.39 is 5.97 Å². The molecular weight excluding hydrogens is 200 g/mol. The van der Waals surface area contributed by atoms with Gasteiger partial charge >= 0.3 is 5.97 Å². The standard InChI is InChI=1S/C10H12O3S/c1-6-4-9(14-3)7(10(11)12)5-8(6)13-2/h4-5H,1-3H3,(H,11,12). The smallest absolute Gasteiger partial charge is 0.336 e. The van der Waals surface area contributed by atoms with Crippen molar-refractivity contribution in [3.05, 3.63) is 23.3 Å². The summed E-state index contributed by atoms with van der Waals surface area (Å²) < 4.78 is 5.06. The molecule has 0 heterocycles. The van der Waals surface area contributed by atoms with Gasteiger partial charge in [0.15, 0.2) is 0 Å². The molecule has 14 heavy (non-hydrogen) atoms. The van der Waals surface area contributed by atoms with E-state index in [-0.39, 0.29) is 0 Å². The Morgan fingerprint density at radius 1 is 1.50 bits per heavy atom. The van der Waals surface area contributed by atoms with Crippen LogP contribution in [-0.2, 0) is 0 Å². The predicted molar refractivity (Wildman–Crippen MR) is 56.5 cm³/mol. The van der Waals surface area contributed by atoms with Gasteiger partial charge in [0.1, 0.15) is 5.75 Å². The molecule has 0 aliphatic heterocycles. The van der Waals surface area contributed by atoms with Crippen molar-refractivity contribution in [2.75, 3.05) is 13.4 Å². The minimum Gasteiger partial charge on any atom is -0.496 e. The number of aromatic carboxylic acids is 1. The first kappa shape index (κ1) is 10.9. The molecule has 1 N–H and O–H groups in total. The fourth-order valence-corrected chi connectivity index (χ4v) is 1.88. The number of benzene rings is 1. The zero-order chi connectivity index (χ0) is 10.7. The third-order valence-electron chi connectivity index (χ3n) is 1.95. The van der Waals surface area contributed by atoms with Gasteiger partial charge in [-0.05, 0) is 30.9 Å². The highest BCUT2D eigenvalue weighted by Gasteiger charge is 2.12. The summed E-state index contributed by atoms with van der Waals surface area (Å²) in [7, 11) is 1.53. The number of methoxy groups -OCH3 is 1. The lowest BCUT2D eigenvalue weighted by Gasteiger charge is -2.09. The maximum absolute atomic E-state index is 10.9. The highest BCUT2D eigenvalue weighted by atomic mass is 32.2. The summed E-state index contributed by atoms with van der Waals surface area (Å²) in [5.41, 5.74) is 1.24. The van der Waals surface area contributed by atoms with E-state index in [0.29, 0.717) is 11.3 Å². The van der Waals surface area contributed by atoms with Crippen molar-refractivity contribution in [3.63, 3.8) is 0 Å². The van der Waals surface area contributed by atoms with Gasteiger partial charge in [-0.3, -0.25) is 0 Å². The molecule has 0 atom stereocenters. The van der Waals surface area contributed by atoms with E-state index in [0.717, 1.165) is 10.5 Å². The van der Waals surface area contributed by atoms with Crippen LogP contribution in [-0.4, -0.2) is 24.4 Å². The average molecular weight is 212 g/mol. The second-order valence-corrected chi connectivity index (χ2v) is 3.68. The summed E-state index contributed by atoms with van der Waals surface area (Å²) in [6.07, 6.45) is 1.85. The molecule has 1 aromatic rings. The van der Waals surface area contributed by atoms with Gasteiger partial charge in [0, 0.05) is 4.90 Å². The maximum atomic E-state index is 10.9. The highest BCUT2D eigenvalue weighted by molar-refractivity contribution is 7.98. The summed E-state index contributed by atoms with van der Waals surface area (Å²) >= 11 is 1.42. The van der Waals surface area contributed by atoms with Crippen LogP contribution in [0.1, 0.15) is 15.9 Å². The molecule has 0 radical (unpaired) electrons. The van der Waals surface area contributed by atoms with Crippen molar-refractivity contribution in [2.24, 2.45) is 0 Å². The molecule has 76 valence electrons. The molecule has 0 unspecified atom stereocenters. The third-order valence-corrected chi connectivity index (χ3v) is 2.72. The lowest BCUT2D eigenvalue weighted by atomic mass is 10.1. The second-order valence-electron chi connectivity index (χ2n) is 2.83. The van der Waals surface area contributed by atoms with Crippen LogP contribution in [0.4, 0.5) is 0 Å². The first-order valence-electron chi connectivity index (χ1n) is 4.06. The Morgan fingerprint density at radius 3 is 2.57 bits per heavy atom. The number of thioether (sulfide) groups is 1. The van der Waals surface area contributed by atoms with Crippen molar-refractivity contribution >= 4 is 17.7 Å². The Hall–Kier alpha value is -1.16. The van der Waals surface area contributed by atoms with Crippen molar-refractivity contribution in [2.45, 2.75) is 11.8 Å². The van der Waals surface area contributed by atoms with Crippen LogP contribution in [0.15, 0.2) is 17.0 Å². The van der Waals surface area contributed by atoms with E-state index in [2.05, 4.69) is 0 Å². The number of aryl methyl sites for hydroxylation is 1. The first-order chi connectivity index (χ1) is 6.60. The molecule has 4 heteroatoms. The van der Waals surface area contributed by atoms with Crippen molar-refractivity contribution in [1.29, 1.82) is 0 Å². The van der Waals surface area contributed by atoms with Gasteiger partial charge in [-0.1, -0.05) is 0 Å². The molecule has 0 bridgehead atoms. The fraction of sp³-hybridized carbons (Fsp3) is 0.300. The van der Waals surface area contributed by atoms with Gasteiger partial charge in [-0.2, -0.15) is 0 Å². The van der Waals surface area contributed by atoms with Crippen molar-refractivity contribution < 1.29 is 14.6 Å². The van der Waals surface area contributed by atoms with E-state index >= 15 is 0 Å². The van der Waals surface area contributed by atoms with Crippen LogP contribution >= 0.6 is 11.8 Å². The van der Waals surface area contributed by atoms with Crippen LogP contribution < -0.4 is 4.74 Å². The second kappa shape index (κ2) is 4.37. The number of hydrogen-bond acceptors (Lipinski definition) is 3. The topological polar surface area (TPSA) is 46.5 Å². The minimum atomic E-state index is -0.923. The number of carboxylic acids is 1. The van der Waals surface area contributed by atoms with Gasteiger partial charge in [-0.25, -0.2) is 4.79 Å². The van der Waals surface area contributed by atoms with E-state index in [1.54, 1.807) is 6.07 Å². The van der Waals surface area contributed by atoms with Gasteiger partial charge in [0.05, 0.1) is 12.7 Å². The van der Waals surface area contributed by atoms with Gasteiger partial charge < -0.3 is 9.84 Å². The molecule has 0 saturated heterocycles. The summed E-state index contributed by atoms with van der Waals surface area (Å²) in [6.45, 7) is 1.89. The molecular formula is C10H12O3S. The van der Waals surface area contributed by atoms with Gasteiger partial charge in [0.25, 0.3) is 0 Å². The van der Waals surface area contributed by atoms with Crippen LogP contribution in [0.5, 0.6) is 5.75 Å². The predicted octanol–water partition coefficient (Wildman–Crippen LogP) is 2.42. The highest BCUT2D eigenvalue weighted by Crippen LogP contribution is 2.28. The Labute approximate surface area is 87.1 Å². The molecule has 0 saturated carbocycles. The average Bonchev–Trinajstić information content (AvgIpc) is 2.16. The van der Waals surface area contributed by atoms with Gasteiger partial charge in [0.2, 0.25) is 0 Å². The molecule has 1 rings (SSSR count). The van der Waals surface area contributed by atoms with E-state index in [1.165, 1.54) is 18.9 Å². The van der Waals surface area contributed by atoms with Crippen molar-refractivity contribution in [3.8, 4) is 5.75 Å². The molecule has 0 aliphatic carbocycles. The zero-order valence-corrected chi connectivity index (χ0v) is 9.14. The lowest BCUT2D eigenvalue weighted by molar-refractivity contribution is 0.0692. The summed E-state index contributed by atoms with van der Waals surface area (Å²) in [5.74, 6) is -0.312. The van der Waals surface area contributed by atoms with Crippen molar-refractivity contribution in [1.82, 2.24) is 0 Å². The molecule has 3 nitrogen and oxygen atoms in total. The Balaban J connectivity index is 3.32. The largest absolute Gasteiger partial charge is 0.496 e. The van der Waals surface area contributed by atoms with E-state index in [4.69, 9.17) is 9.84 Å². The molecule has 0 amide bonds. The molecule has 1 aromatic carbocycles. The normalized spacial score (nSPS) is 9.93. The summed E-state index contributed by atoms with van der Waals surface area (Å²) in [5, 5.41) is 8.94. The number of rotatable bonds is 3. The van der Waals surface area contributed by atoms with Crippen LogP contribution in [0.3, 0.4) is 0 Å². The quantitative estimate of drug-likeness (QED) is 0.782. The number of ether oxygens (including phenoxy) is 1. The molecule has 0 spiro atoms. The number of carboxylic acid groups (broad SMARTS) is 1. The monoisotopic (exact) mass is 212 g/mol. The third kappa shape index (κ3) is 2.01. The van der Waals surface area contributed by atoms with E-state index in [1.807, 2.05) is 19.2 Å². The lowest BCUT2D eigenvalue weighted by Crippen LogP contribution is -2.00. The van der Waals surface area contributed by atoms with Gasteiger partial charge in [-0.15, -0.1) is 11.8 Å². The first-order valence-corrected chi connectivity index (χ1v) is 5.28. The molecule has 0 aliphatic rings. The summed E-state index contributed by atoms with van der Waals surface area (Å²) in [6, 6.07) is 3.39. The minimum absolute atomic E-state index is 0.292. The molecule has 0 fully saturated rings. The van der Waals surface area contributed by atoms with E-state index in [9.17, 15) is 4.79 Å². The number of carbonyl (C=O) groups is 1. The number of hydrogen-bond donors (Lipinski definition) is 1. The fourth-order valence-electron chi connectivity index (χ4n) is 1.22. The maximum Gasteiger partial charge on any atom is 0.336 e. The summed E-state index contributed by atoms with van der Waals surface area (Å²) in [4.78, 5) is 11.7. The SMILES string of the molecule is COc1cc(C(=O)O)c(SC)cc1C. The van der Waals surface area contributed by atoms with Crippen LogP contribution in [0.25, 0.3) is 0 Å². The Bertz CT molecular complexity index is 361. The Kier molecular flexibility index (Phi) is 3.41. The zero-order valence-electron chi connectivity index (χ0n) is 8.33.